The van der Waals surface area contributed by atoms with E-state index in [1.165, 1.54) is 7.11 Å². The summed E-state index contributed by atoms with van der Waals surface area (Å²) in [6.07, 6.45) is 0.409. The highest BCUT2D eigenvalue weighted by Crippen LogP contribution is 2.32. The molecule has 0 fully saturated rings. The summed E-state index contributed by atoms with van der Waals surface area (Å²) in [7, 11) is 13.3. The molecule has 2 aromatic carbocycles. The molecular weight excluding hydrogens is 318 g/mol. The van der Waals surface area contributed by atoms with Gasteiger partial charge in [-0.3, -0.25) is 4.79 Å². The monoisotopic (exact) mass is 332 g/mol. The van der Waals surface area contributed by atoms with Crippen LogP contribution in [0.4, 0.5) is 0 Å². The van der Waals surface area contributed by atoms with Gasteiger partial charge in [-0.05, 0) is 35.2 Å². The number of benzene rings is 2. The second-order valence-electron chi connectivity index (χ2n) is 5.54. The largest absolute Gasteiger partial charge is 0.505 e. The van der Waals surface area contributed by atoms with Crippen LogP contribution in [-0.4, -0.2) is 38.8 Å². The van der Waals surface area contributed by atoms with Gasteiger partial charge in [-0.2, -0.15) is 0 Å². The van der Waals surface area contributed by atoms with Gasteiger partial charge in [0, 0.05) is 17.4 Å². The molecule has 0 aliphatic rings. The number of furan rings is 1. The first-order chi connectivity index (χ1) is 11.9. The number of phenols is 2. The molecule has 5 nitrogen and oxygen atoms in total. The summed E-state index contributed by atoms with van der Waals surface area (Å²) in [6.45, 7) is 1.81. The van der Waals surface area contributed by atoms with Crippen molar-refractivity contribution in [1.29, 1.82) is 0 Å². The fourth-order valence-electron chi connectivity index (χ4n) is 2.78. The maximum atomic E-state index is 13.0. The second-order valence-corrected chi connectivity index (χ2v) is 5.54. The third kappa shape index (κ3) is 2.56. The lowest BCUT2D eigenvalue weighted by Gasteiger charge is -2.09. The predicted molar refractivity (Wildman–Crippen MR) is 96.1 cm³/mol. The molecule has 7 heteroatoms. The molecule has 0 amide bonds. The van der Waals surface area contributed by atoms with Crippen LogP contribution in [-0.2, 0) is 6.42 Å². The van der Waals surface area contributed by atoms with E-state index in [2.05, 4.69) is 0 Å². The van der Waals surface area contributed by atoms with Crippen LogP contribution >= 0.6 is 0 Å². The number of ether oxygens (including phenoxy) is 1. The smallest absolute Gasteiger partial charge is 0.197 e. The van der Waals surface area contributed by atoms with Crippen LogP contribution in [0.25, 0.3) is 11.0 Å². The number of fused-ring (bicyclic) bond motifs is 1. The van der Waals surface area contributed by atoms with Crippen molar-refractivity contribution in [3.05, 3.63) is 41.2 Å². The summed E-state index contributed by atoms with van der Waals surface area (Å²) in [5.41, 5.74) is 0.402. The Morgan fingerprint density at radius 2 is 1.72 bits per heavy atom. The fraction of sp³-hybridized carbons (Fsp3) is 0.167. The van der Waals surface area contributed by atoms with Crippen molar-refractivity contribution in [3.63, 3.8) is 0 Å². The molecule has 2 N–H and O–H groups in total. The molecule has 0 unspecified atom stereocenters. The average Bonchev–Trinajstić information content (AvgIpc) is 3.04. The highest BCUT2D eigenvalue weighted by Gasteiger charge is 2.26. The summed E-state index contributed by atoms with van der Waals surface area (Å²) < 4.78 is 10.8. The van der Waals surface area contributed by atoms with E-state index in [1.807, 2.05) is 6.92 Å². The van der Waals surface area contributed by atoms with Crippen molar-refractivity contribution in [1.82, 2.24) is 0 Å². The first-order valence-electron chi connectivity index (χ1n) is 7.63. The molecule has 3 aromatic rings. The predicted octanol–water partition coefficient (Wildman–Crippen LogP) is 1.23. The van der Waals surface area contributed by atoms with E-state index in [0.717, 1.165) is 0 Å². The number of hydrogen-bond donors (Lipinski definition) is 2. The second kappa shape index (κ2) is 6.24. The molecule has 0 aliphatic heterocycles. The van der Waals surface area contributed by atoms with E-state index >= 15 is 0 Å². The Morgan fingerprint density at radius 3 is 2.28 bits per heavy atom. The van der Waals surface area contributed by atoms with Gasteiger partial charge in [-0.25, -0.2) is 0 Å². The first kappa shape index (κ1) is 17.0. The Kier molecular flexibility index (Phi) is 4.25. The molecule has 0 spiro atoms. The summed E-state index contributed by atoms with van der Waals surface area (Å²) in [4.78, 5) is 13.0. The Hall–Kier alpha value is -2.82. The molecule has 122 valence electrons. The quantitative estimate of drug-likeness (QED) is 0.427. The van der Waals surface area contributed by atoms with Crippen LogP contribution < -0.4 is 15.7 Å². The van der Waals surface area contributed by atoms with Crippen LogP contribution in [0.5, 0.6) is 17.2 Å². The van der Waals surface area contributed by atoms with E-state index in [9.17, 15) is 15.0 Å². The van der Waals surface area contributed by atoms with E-state index in [4.69, 9.17) is 24.8 Å². The Balaban J connectivity index is 2.28. The number of ketones is 1. The van der Waals surface area contributed by atoms with Crippen LogP contribution in [0.1, 0.15) is 28.6 Å². The van der Waals surface area contributed by atoms with Crippen molar-refractivity contribution in [2.75, 3.05) is 7.11 Å². The zero-order valence-corrected chi connectivity index (χ0v) is 13.8. The minimum absolute atomic E-state index is 0.0847. The summed E-state index contributed by atoms with van der Waals surface area (Å²) >= 11 is 0. The summed E-state index contributed by atoms with van der Waals surface area (Å²) in [5, 5.41) is 20.0. The zero-order chi connectivity index (χ0) is 18.3. The third-order valence-electron chi connectivity index (χ3n) is 4.13. The van der Waals surface area contributed by atoms with Crippen LogP contribution in [0.3, 0.4) is 0 Å². The molecule has 0 aliphatic carbocycles. The van der Waals surface area contributed by atoms with E-state index < -0.39 is 11.5 Å². The van der Waals surface area contributed by atoms with Gasteiger partial charge in [0.25, 0.3) is 0 Å². The maximum absolute atomic E-state index is 13.0. The van der Waals surface area contributed by atoms with Crippen molar-refractivity contribution < 1.29 is 24.2 Å². The average molecular weight is 332 g/mol. The molecule has 4 radical (unpaired) electrons. The van der Waals surface area contributed by atoms with Crippen molar-refractivity contribution in [2.24, 2.45) is 0 Å². The van der Waals surface area contributed by atoms with Crippen molar-refractivity contribution in [2.45, 2.75) is 13.3 Å². The van der Waals surface area contributed by atoms with E-state index in [0.29, 0.717) is 23.5 Å². The standard InChI is InChI=1S/C18H14B2O5/c1-3-10-11(15(21)8-4-6-9(24-2)7-5-8)12-13(19)16(22)17(23)14(20)18(12)25-10/h4-7,22-23H,3H2,1-2H3. The van der Waals surface area contributed by atoms with Gasteiger partial charge >= 0.3 is 0 Å². The normalized spacial score (nSPS) is 11.0. The van der Waals surface area contributed by atoms with Gasteiger partial charge < -0.3 is 19.4 Å². The number of aryl methyl sites for hydroxylation is 1. The molecular formula is C18H14B2O5. The number of carbonyl (C=O) groups excluding carboxylic acids is 1. The molecule has 0 atom stereocenters. The van der Waals surface area contributed by atoms with E-state index in [-0.39, 0.29) is 33.2 Å². The van der Waals surface area contributed by atoms with Gasteiger partial charge in [0.2, 0.25) is 0 Å². The zero-order valence-electron chi connectivity index (χ0n) is 13.8. The molecule has 1 aromatic heterocycles. The molecule has 0 saturated heterocycles. The van der Waals surface area contributed by atoms with Crippen LogP contribution in [0.15, 0.2) is 28.7 Å². The molecule has 0 saturated carbocycles. The highest BCUT2D eigenvalue weighted by atomic mass is 16.5. The molecule has 1 heterocycles. The van der Waals surface area contributed by atoms with Gasteiger partial charge in [0.05, 0.1) is 12.7 Å². The van der Waals surface area contributed by atoms with E-state index in [1.54, 1.807) is 24.3 Å². The van der Waals surface area contributed by atoms with Crippen LogP contribution in [0, 0.1) is 0 Å². The minimum atomic E-state index is -0.572. The maximum Gasteiger partial charge on any atom is 0.197 e. The summed E-state index contributed by atoms with van der Waals surface area (Å²) in [5.74, 6) is -0.466. The molecule has 25 heavy (non-hydrogen) atoms. The number of rotatable bonds is 4. The fourth-order valence-corrected chi connectivity index (χ4v) is 2.78. The Morgan fingerprint density at radius 1 is 1.12 bits per heavy atom. The summed E-state index contributed by atoms with van der Waals surface area (Å²) in [6, 6.07) is 6.59. The van der Waals surface area contributed by atoms with Gasteiger partial charge in [-0.15, -0.1) is 0 Å². The number of aromatic hydroxyl groups is 2. The van der Waals surface area contributed by atoms with Crippen molar-refractivity contribution in [3.8, 4) is 17.2 Å². The SMILES string of the molecule is [B]c1c(O)c(O)c([B])c2c(C(=O)c3ccc(OC)cc3)c(CC)oc12. The highest BCUT2D eigenvalue weighted by molar-refractivity contribution is 6.49. The third-order valence-corrected chi connectivity index (χ3v) is 4.13. The number of carbonyl (C=O) groups is 1. The van der Waals surface area contributed by atoms with Crippen LogP contribution in [0.2, 0.25) is 0 Å². The van der Waals surface area contributed by atoms with Gasteiger partial charge in [0.1, 0.15) is 38.5 Å². The lowest BCUT2D eigenvalue weighted by Crippen LogP contribution is -2.16. The van der Waals surface area contributed by atoms with Gasteiger partial charge in [-0.1, -0.05) is 6.92 Å². The number of hydrogen-bond acceptors (Lipinski definition) is 5. The molecule has 0 bridgehead atoms. The van der Waals surface area contributed by atoms with Gasteiger partial charge in [0.15, 0.2) is 11.5 Å². The number of phenolic OH excluding ortho intramolecular Hbond substituents is 2. The Labute approximate surface area is 147 Å². The lowest BCUT2D eigenvalue weighted by atomic mass is 9.81. The first-order valence-corrected chi connectivity index (χ1v) is 7.63. The number of methoxy groups -OCH3 is 1. The topological polar surface area (TPSA) is 79.9 Å². The lowest BCUT2D eigenvalue weighted by molar-refractivity contribution is 0.103. The molecule has 3 rings (SSSR count). The van der Waals surface area contributed by atoms with Crippen molar-refractivity contribution >= 4 is 43.4 Å². The minimum Gasteiger partial charge on any atom is -0.505 e. The Bertz CT molecular complexity index is 974.